The monoisotopic (exact) mass is 291 g/mol. The van der Waals surface area contributed by atoms with E-state index in [1.54, 1.807) is 0 Å². The van der Waals surface area contributed by atoms with Crippen LogP contribution in [0, 0.1) is 0 Å². The zero-order valence-corrected chi connectivity index (χ0v) is 10.6. The van der Waals surface area contributed by atoms with E-state index in [4.69, 9.17) is 25.8 Å². The number of aliphatic hydroxyl groups is 6. The molecule has 0 amide bonds. The van der Waals surface area contributed by atoms with Crippen molar-refractivity contribution in [3.8, 4) is 0 Å². The second-order valence-corrected chi connectivity index (χ2v) is 3.73. The standard InChI is InChI=1S/C9H21NO7.ClH/c10-1-5(12)3-17-4-7(14)9(16)8(15)6(13)2-11;/h5-9,11-16H,1-4,10H2;1H/t5?,6-,7+,8-,9-;/m1./s1. The molecule has 0 saturated carbocycles. The summed E-state index contributed by atoms with van der Waals surface area (Å²) < 4.78 is 4.84. The Labute approximate surface area is 111 Å². The van der Waals surface area contributed by atoms with Gasteiger partial charge < -0.3 is 41.1 Å². The Kier molecular flexibility index (Phi) is 12.2. The third-order valence-corrected chi connectivity index (χ3v) is 2.20. The first-order chi connectivity index (χ1) is 7.93. The van der Waals surface area contributed by atoms with Gasteiger partial charge in [-0.25, -0.2) is 0 Å². The molecule has 0 aliphatic carbocycles. The molecule has 0 aliphatic rings. The number of hydrogen-bond donors (Lipinski definition) is 7. The van der Waals surface area contributed by atoms with E-state index < -0.39 is 37.1 Å². The number of nitrogens with two attached hydrogens (primary N) is 1. The van der Waals surface area contributed by atoms with Crippen molar-refractivity contribution in [1.29, 1.82) is 0 Å². The summed E-state index contributed by atoms with van der Waals surface area (Å²) in [7, 11) is 0. The van der Waals surface area contributed by atoms with Gasteiger partial charge in [-0.15, -0.1) is 12.4 Å². The summed E-state index contributed by atoms with van der Waals surface area (Å²) in [6.07, 6.45) is -7.21. The summed E-state index contributed by atoms with van der Waals surface area (Å²) in [6.45, 7) is -1.19. The van der Waals surface area contributed by atoms with Crippen LogP contribution in [0.1, 0.15) is 0 Å². The highest BCUT2D eigenvalue weighted by atomic mass is 35.5. The van der Waals surface area contributed by atoms with E-state index in [0.717, 1.165) is 0 Å². The van der Waals surface area contributed by atoms with Crippen LogP contribution in [0.2, 0.25) is 0 Å². The quantitative estimate of drug-likeness (QED) is 0.228. The second kappa shape index (κ2) is 10.9. The zero-order chi connectivity index (χ0) is 13.4. The minimum atomic E-state index is -1.68. The Bertz CT molecular complexity index is 200. The number of hydrogen-bond acceptors (Lipinski definition) is 8. The predicted molar refractivity (Wildman–Crippen MR) is 64.2 cm³/mol. The van der Waals surface area contributed by atoms with Crippen LogP contribution in [0.15, 0.2) is 0 Å². The molecule has 0 radical (unpaired) electrons. The van der Waals surface area contributed by atoms with E-state index in [9.17, 15) is 15.3 Å². The van der Waals surface area contributed by atoms with Gasteiger partial charge >= 0.3 is 0 Å². The maximum Gasteiger partial charge on any atom is 0.111 e. The van der Waals surface area contributed by atoms with Crippen molar-refractivity contribution in [2.24, 2.45) is 5.73 Å². The van der Waals surface area contributed by atoms with Crippen LogP contribution in [0.25, 0.3) is 0 Å². The largest absolute Gasteiger partial charge is 0.394 e. The van der Waals surface area contributed by atoms with Gasteiger partial charge in [0.15, 0.2) is 0 Å². The molecule has 0 bridgehead atoms. The lowest BCUT2D eigenvalue weighted by Gasteiger charge is -2.25. The Balaban J connectivity index is 0. The molecular formula is C9H22ClNO7. The third kappa shape index (κ3) is 7.41. The molecule has 8 nitrogen and oxygen atoms in total. The smallest absolute Gasteiger partial charge is 0.111 e. The highest BCUT2D eigenvalue weighted by molar-refractivity contribution is 5.85. The lowest BCUT2D eigenvalue weighted by Crippen LogP contribution is -2.47. The highest BCUT2D eigenvalue weighted by Gasteiger charge is 2.30. The van der Waals surface area contributed by atoms with E-state index in [1.165, 1.54) is 0 Å². The Hall–Kier alpha value is -0.0300. The molecule has 18 heavy (non-hydrogen) atoms. The molecular weight excluding hydrogens is 270 g/mol. The van der Waals surface area contributed by atoms with Gasteiger partial charge in [0.1, 0.15) is 24.4 Å². The number of aliphatic hydroxyl groups excluding tert-OH is 6. The summed E-state index contributed by atoms with van der Waals surface area (Å²) in [6, 6.07) is 0. The number of rotatable bonds is 9. The molecule has 0 aromatic carbocycles. The average Bonchev–Trinajstić information content (AvgIpc) is 2.35. The SMILES string of the molecule is Cl.NCC(O)COC[C@H](O)[C@@H](O)[C@H](O)[C@H](O)CO. The fourth-order valence-corrected chi connectivity index (χ4v) is 1.05. The van der Waals surface area contributed by atoms with Crippen molar-refractivity contribution >= 4 is 12.4 Å². The van der Waals surface area contributed by atoms with E-state index >= 15 is 0 Å². The van der Waals surface area contributed by atoms with Crippen LogP contribution in [-0.2, 0) is 4.74 Å². The number of ether oxygens (including phenoxy) is 1. The minimum absolute atomic E-state index is 0. The fourth-order valence-electron chi connectivity index (χ4n) is 1.05. The molecule has 0 spiro atoms. The van der Waals surface area contributed by atoms with Crippen LogP contribution in [-0.4, -0.2) is 87.5 Å². The summed E-state index contributed by atoms with van der Waals surface area (Å²) >= 11 is 0. The van der Waals surface area contributed by atoms with E-state index in [1.807, 2.05) is 0 Å². The molecule has 5 atom stereocenters. The first-order valence-corrected chi connectivity index (χ1v) is 5.23. The lowest BCUT2D eigenvalue weighted by atomic mass is 10.0. The molecule has 0 aromatic heterocycles. The first-order valence-electron chi connectivity index (χ1n) is 5.23. The molecule has 0 saturated heterocycles. The van der Waals surface area contributed by atoms with Crippen molar-refractivity contribution in [2.75, 3.05) is 26.4 Å². The van der Waals surface area contributed by atoms with E-state index in [0.29, 0.717) is 0 Å². The third-order valence-electron chi connectivity index (χ3n) is 2.20. The normalized spacial score (nSPS) is 19.5. The van der Waals surface area contributed by atoms with Gasteiger partial charge in [-0.2, -0.15) is 0 Å². The lowest BCUT2D eigenvalue weighted by molar-refractivity contribution is -0.131. The van der Waals surface area contributed by atoms with Crippen molar-refractivity contribution in [3.63, 3.8) is 0 Å². The van der Waals surface area contributed by atoms with Crippen molar-refractivity contribution in [2.45, 2.75) is 30.5 Å². The maximum absolute atomic E-state index is 9.38. The molecule has 1 unspecified atom stereocenters. The van der Waals surface area contributed by atoms with Crippen molar-refractivity contribution < 1.29 is 35.4 Å². The second-order valence-electron chi connectivity index (χ2n) is 3.73. The summed E-state index contributed by atoms with van der Waals surface area (Å²) in [4.78, 5) is 0. The molecule has 0 heterocycles. The Morgan fingerprint density at radius 2 is 1.39 bits per heavy atom. The first kappa shape index (κ1) is 20.3. The van der Waals surface area contributed by atoms with E-state index in [2.05, 4.69) is 0 Å². The van der Waals surface area contributed by atoms with E-state index in [-0.39, 0.29) is 32.2 Å². The molecule has 0 fully saturated rings. The van der Waals surface area contributed by atoms with Crippen LogP contribution in [0.3, 0.4) is 0 Å². The molecule has 9 heteroatoms. The van der Waals surface area contributed by atoms with Gasteiger partial charge in [0.05, 0.1) is 25.9 Å². The van der Waals surface area contributed by atoms with Crippen LogP contribution in [0.5, 0.6) is 0 Å². The summed E-state index contributed by atoms with van der Waals surface area (Å²) in [5, 5.41) is 54.6. The van der Waals surface area contributed by atoms with Gasteiger partial charge in [-0.1, -0.05) is 0 Å². The fraction of sp³-hybridized carbons (Fsp3) is 1.00. The van der Waals surface area contributed by atoms with Crippen LogP contribution < -0.4 is 5.73 Å². The average molecular weight is 292 g/mol. The molecule has 0 rings (SSSR count). The van der Waals surface area contributed by atoms with Crippen molar-refractivity contribution in [1.82, 2.24) is 0 Å². The topological polar surface area (TPSA) is 157 Å². The molecule has 112 valence electrons. The van der Waals surface area contributed by atoms with Crippen molar-refractivity contribution in [3.05, 3.63) is 0 Å². The number of halogens is 1. The van der Waals surface area contributed by atoms with Gasteiger partial charge in [0.2, 0.25) is 0 Å². The van der Waals surface area contributed by atoms with Gasteiger partial charge in [0, 0.05) is 6.54 Å². The zero-order valence-electron chi connectivity index (χ0n) is 9.79. The van der Waals surface area contributed by atoms with Crippen LogP contribution >= 0.6 is 12.4 Å². The maximum atomic E-state index is 9.38. The molecule has 8 N–H and O–H groups in total. The Morgan fingerprint density at radius 3 is 1.83 bits per heavy atom. The highest BCUT2D eigenvalue weighted by Crippen LogP contribution is 2.05. The minimum Gasteiger partial charge on any atom is -0.394 e. The molecule has 0 aromatic rings. The van der Waals surface area contributed by atoms with Gasteiger partial charge in [0.25, 0.3) is 0 Å². The molecule has 0 aliphatic heterocycles. The Morgan fingerprint density at radius 1 is 0.889 bits per heavy atom. The van der Waals surface area contributed by atoms with Gasteiger partial charge in [-0.05, 0) is 0 Å². The summed E-state index contributed by atoms with van der Waals surface area (Å²) in [5.41, 5.74) is 5.11. The van der Waals surface area contributed by atoms with Crippen LogP contribution in [0.4, 0.5) is 0 Å². The predicted octanol–water partition coefficient (Wildman–Crippen LogP) is -3.82. The summed E-state index contributed by atoms with van der Waals surface area (Å²) in [5.74, 6) is 0. The van der Waals surface area contributed by atoms with Gasteiger partial charge in [-0.3, -0.25) is 0 Å².